The van der Waals surface area contributed by atoms with Crippen LogP contribution in [0.4, 0.5) is 5.69 Å². The summed E-state index contributed by atoms with van der Waals surface area (Å²) in [6, 6.07) is 9.97. The fourth-order valence-electron chi connectivity index (χ4n) is 1.59. The summed E-state index contributed by atoms with van der Waals surface area (Å²) in [6.45, 7) is 0. The van der Waals surface area contributed by atoms with Gasteiger partial charge in [-0.1, -0.05) is 35.3 Å². The first-order chi connectivity index (χ1) is 8.99. The predicted octanol–water partition coefficient (Wildman–Crippen LogP) is 4.13. The summed E-state index contributed by atoms with van der Waals surface area (Å²) in [7, 11) is 0. The average Bonchev–Trinajstić information content (AvgIpc) is 2.41. The first-order valence-corrected chi connectivity index (χ1v) is 5.99. The number of hydrogen-bond acceptors (Lipinski definition) is 3. The molecule has 0 saturated heterocycles. The third kappa shape index (κ3) is 2.92. The molecule has 19 heavy (non-hydrogen) atoms. The Morgan fingerprint density at radius 3 is 2.53 bits per heavy atom. The van der Waals surface area contributed by atoms with E-state index in [2.05, 4.69) is 0 Å². The van der Waals surface area contributed by atoms with Crippen molar-refractivity contribution in [2.75, 3.05) is 0 Å². The van der Waals surface area contributed by atoms with Gasteiger partial charge in [-0.15, -0.1) is 0 Å². The van der Waals surface area contributed by atoms with Gasteiger partial charge in [-0.2, -0.15) is 0 Å². The average molecular weight is 296 g/mol. The zero-order valence-corrected chi connectivity index (χ0v) is 11.0. The number of ketones is 1. The molecule has 0 heterocycles. The van der Waals surface area contributed by atoms with Crippen molar-refractivity contribution in [3.63, 3.8) is 0 Å². The van der Waals surface area contributed by atoms with E-state index in [0.29, 0.717) is 5.02 Å². The van der Waals surface area contributed by atoms with E-state index in [-0.39, 0.29) is 21.8 Å². The molecule has 0 fully saturated rings. The van der Waals surface area contributed by atoms with Crippen LogP contribution in [-0.2, 0) is 0 Å². The van der Waals surface area contributed by atoms with E-state index < -0.39 is 10.7 Å². The van der Waals surface area contributed by atoms with Crippen molar-refractivity contribution >= 4 is 34.7 Å². The lowest BCUT2D eigenvalue weighted by Crippen LogP contribution is -2.03. The van der Waals surface area contributed by atoms with Crippen molar-refractivity contribution in [3.8, 4) is 0 Å². The van der Waals surface area contributed by atoms with Gasteiger partial charge in [0, 0.05) is 28.3 Å². The Balaban J connectivity index is 2.47. The predicted molar refractivity (Wildman–Crippen MR) is 73.0 cm³/mol. The molecule has 0 bridgehead atoms. The third-order valence-electron chi connectivity index (χ3n) is 2.49. The highest BCUT2D eigenvalue weighted by atomic mass is 35.5. The Labute approximate surface area is 118 Å². The van der Waals surface area contributed by atoms with E-state index >= 15 is 0 Å². The minimum absolute atomic E-state index is 0.149. The van der Waals surface area contributed by atoms with Crippen molar-refractivity contribution in [3.05, 3.63) is 73.8 Å². The molecule has 0 radical (unpaired) electrons. The standard InChI is InChI=1S/C13H7Cl2NO3/c14-9-4-5-12(15)11(7-9)13(17)8-2-1-3-10(6-8)16(18)19/h1-7H. The van der Waals surface area contributed by atoms with Gasteiger partial charge in [0.25, 0.3) is 5.69 Å². The maximum atomic E-state index is 12.2. The fraction of sp³-hybridized carbons (Fsp3) is 0. The van der Waals surface area contributed by atoms with Gasteiger partial charge in [0.2, 0.25) is 0 Å². The maximum absolute atomic E-state index is 12.2. The molecule has 0 aliphatic heterocycles. The second kappa shape index (κ2) is 5.38. The van der Waals surface area contributed by atoms with Gasteiger partial charge in [0.1, 0.15) is 0 Å². The molecule has 4 nitrogen and oxygen atoms in total. The largest absolute Gasteiger partial charge is 0.289 e. The summed E-state index contributed by atoms with van der Waals surface area (Å²) in [6.07, 6.45) is 0. The summed E-state index contributed by atoms with van der Waals surface area (Å²) in [5.74, 6) is -0.406. The van der Waals surface area contributed by atoms with Gasteiger partial charge >= 0.3 is 0 Å². The molecular formula is C13H7Cl2NO3. The molecule has 0 saturated carbocycles. The highest BCUT2D eigenvalue weighted by Crippen LogP contribution is 2.24. The number of nitro benzene ring substituents is 1. The zero-order chi connectivity index (χ0) is 14.0. The van der Waals surface area contributed by atoms with Crippen molar-refractivity contribution in [1.29, 1.82) is 0 Å². The number of rotatable bonds is 3. The Hall–Kier alpha value is -1.91. The van der Waals surface area contributed by atoms with E-state index in [1.807, 2.05) is 0 Å². The molecule has 0 aliphatic rings. The van der Waals surface area contributed by atoms with Crippen LogP contribution in [0.25, 0.3) is 0 Å². The molecule has 2 rings (SSSR count). The number of halogens is 2. The van der Waals surface area contributed by atoms with Crippen LogP contribution in [0.15, 0.2) is 42.5 Å². The first-order valence-electron chi connectivity index (χ1n) is 5.23. The third-order valence-corrected chi connectivity index (χ3v) is 3.06. The Bertz CT molecular complexity index is 671. The molecule has 96 valence electrons. The van der Waals surface area contributed by atoms with Crippen LogP contribution in [0.3, 0.4) is 0 Å². The van der Waals surface area contributed by atoms with Crippen LogP contribution in [0.5, 0.6) is 0 Å². The van der Waals surface area contributed by atoms with Crippen LogP contribution in [0.1, 0.15) is 15.9 Å². The smallest absolute Gasteiger partial charge is 0.270 e. The van der Waals surface area contributed by atoms with Crippen LogP contribution in [0, 0.1) is 10.1 Å². The van der Waals surface area contributed by atoms with E-state index in [1.54, 1.807) is 6.07 Å². The van der Waals surface area contributed by atoms with Crippen molar-refractivity contribution < 1.29 is 9.72 Å². The first kappa shape index (κ1) is 13.5. The SMILES string of the molecule is O=C(c1cccc([N+](=O)[O-])c1)c1cc(Cl)ccc1Cl. The monoisotopic (exact) mass is 295 g/mol. The summed E-state index contributed by atoms with van der Waals surface area (Å²) >= 11 is 11.7. The fourth-order valence-corrected chi connectivity index (χ4v) is 1.96. The molecule has 0 aromatic heterocycles. The second-order valence-electron chi connectivity index (χ2n) is 3.76. The van der Waals surface area contributed by atoms with E-state index in [9.17, 15) is 14.9 Å². The lowest BCUT2D eigenvalue weighted by atomic mass is 10.0. The highest BCUT2D eigenvalue weighted by molar-refractivity contribution is 6.36. The Morgan fingerprint density at radius 2 is 1.84 bits per heavy atom. The van der Waals surface area contributed by atoms with Crippen LogP contribution < -0.4 is 0 Å². The highest BCUT2D eigenvalue weighted by Gasteiger charge is 2.16. The normalized spacial score (nSPS) is 10.2. The summed E-state index contributed by atoms with van der Waals surface area (Å²) in [5.41, 5.74) is 0.261. The van der Waals surface area contributed by atoms with Gasteiger partial charge in [-0.3, -0.25) is 14.9 Å². The van der Waals surface area contributed by atoms with Gasteiger partial charge in [0.15, 0.2) is 5.78 Å². The summed E-state index contributed by atoms with van der Waals surface area (Å²) < 4.78 is 0. The molecule has 0 unspecified atom stereocenters. The number of hydrogen-bond donors (Lipinski definition) is 0. The number of carbonyl (C=O) groups excluding carboxylic acids is 1. The van der Waals surface area contributed by atoms with Crippen LogP contribution >= 0.6 is 23.2 Å². The molecule has 0 atom stereocenters. The van der Waals surface area contributed by atoms with E-state index in [4.69, 9.17) is 23.2 Å². The minimum atomic E-state index is -0.559. The Kier molecular flexibility index (Phi) is 3.83. The van der Waals surface area contributed by atoms with E-state index in [1.165, 1.54) is 36.4 Å². The quantitative estimate of drug-likeness (QED) is 0.486. The summed E-state index contributed by atoms with van der Waals surface area (Å²) in [4.78, 5) is 22.3. The topological polar surface area (TPSA) is 60.2 Å². The molecule has 0 spiro atoms. The lowest BCUT2D eigenvalue weighted by Gasteiger charge is -2.04. The molecule has 0 amide bonds. The van der Waals surface area contributed by atoms with Crippen LogP contribution in [0.2, 0.25) is 10.0 Å². The van der Waals surface area contributed by atoms with Crippen molar-refractivity contribution in [2.24, 2.45) is 0 Å². The van der Waals surface area contributed by atoms with Gasteiger partial charge < -0.3 is 0 Å². The zero-order valence-electron chi connectivity index (χ0n) is 9.47. The molecule has 2 aromatic carbocycles. The van der Waals surface area contributed by atoms with Gasteiger partial charge in [-0.25, -0.2) is 0 Å². The molecule has 0 N–H and O–H groups in total. The Morgan fingerprint density at radius 1 is 1.11 bits per heavy atom. The summed E-state index contributed by atoms with van der Waals surface area (Å²) in [5, 5.41) is 11.3. The second-order valence-corrected chi connectivity index (χ2v) is 4.60. The van der Waals surface area contributed by atoms with Crippen molar-refractivity contribution in [1.82, 2.24) is 0 Å². The number of benzene rings is 2. The number of nitro groups is 1. The lowest BCUT2D eigenvalue weighted by molar-refractivity contribution is -0.384. The number of non-ortho nitro benzene ring substituents is 1. The molecular weight excluding hydrogens is 289 g/mol. The maximum Gasteiger partial charge on any atom is 0.270 e. The van der Waals surface area contributed by atoms with Crippen molar-refractivity contribution in [2.45, 2.75) is 0 Å². The van der Waals surface area contributed by atoms with Gasteiger partial charge in [-0.05, 0) is 18.2 Å². The molecule has 6 heteroatoms. The minimum Gasteiger partial charge on any atom is -0.289 e. The van der Waals surface area contributed by atoms with Crippen LogP contribution in [-0.4, -0.2) is 10.7 Å². The molecule has 0 aliphatic carbocycles. The molecule has 2 aromatic rings. The van der Waals surface area contributed by atoms with E-state index in [0.717, 1.165) is 0 Å². The van der Waals surface area contributed by atoms with Gasteiger partial charge in [0.05, 0.1) is 9.95 Å². The number of carbonyl (C=O) groups is 1. The number of nitrogens with zero attached hydrogens (tertiary/aromatic N) is 1.